The minimum atomic E-state index is -3.68. The molecule has 0 radical (unpaired) electrons. The van der Waals surface area contributed by atoms with Crippen molar-refractivity contribution in [2.24, 2.45) is 0 Å². The number of amides is 1. The largest absolute Gasteiger partial charge is 0.497 e. The average Bonchev–Trinajstić information content (AvgIpc) is 3.16. The quantitative estimate of drug-likeness (QED) is 0.865. The maximum atomic E-state index is 12.5. The molecule has 9 heteroatoms. The topological polar surface area (TPSA) is 92.1 Å². The Hall–Kier alpha value is -2.52. The number of piperazine rings is 1. The van der Waals surface area contributed by atoms with E-state index in [1.54, 1.807) is 48.4 Å². The molecule has 0 unspecified atom stereocenters. The predicted molar refractivity (Wildman–Crippen MR) is 91.7 cm³/mol. The maximum Gasteiger partial charge on any atom is 0.301 e. The number of carbonyl (C=O) groups excluding carboxylic acids is 1. The summed E-state index contributed by atoms with van der Waals surface area (Å²) in [5, 5.41) is 0. The number of hydrogen-bond donors (Lipinski definition) is 1. The summed E-state index contributed by atoms with van der Waals surface area (Å²) in [7, 11) is -2.13. The third kappa shape index (κ3) is 3.94. The molecule has 1 saturated heterocycles. The molecule has 1 aromatic carbocycles. The van der Waals surface area contributed by atoms with Crippen LogP contribution in [-0.2, 0) is 10.2 Å². The molecule has 2 aromatic rings. The van der Waals surface area contributed by atoms with Crippen molar-refractivity contribution >= 4 is 21.8 Å². The molecular weight excluding hydrogens is 346 g/mol. The van der Waals surface area contributed by atoms with E-state index in [4.69, 9.17) is 9.15 Å². The Bertz CT molecular complexity index is 810. The minimum Gasteiger partial charge on any atom is -0.497 e. The van der Waals surface area contributed by atoms with Crippen molar-refractivity contribution < 1.29 is 22.4 Å². The number of nitrogens with zero attached hydrogens (tertiary/aromatic N) is 2. The molecule has 134 valence electrons. The van der Waals surface area contributed by atoms with E-state index in [1.807, 2.05) is 0 Å². The first-order valence-electron chi connectivity index (χ1n) is 7.74. The van der Waals surface area contributed by atoms with Crippen molar-refractivity contribution in [2.45, 2.75) is 0 Å². The molecule has 8 nitrogen and oxygen atoms in total. The Morgan fingerprint density at radius 2 is 1.80 bits per heavy atom. The number of rotatable bonds is 5. The summed E-state index contributed by atoms with van der Waals surface area (Å²) < 4.78 is 38.9. The number of carbonyl (C=O) groups is 1. The zero-order valence-electron chi connectivity index (χ0n) is 13.7. The second-order valence-electron chi connectivity index (χ2n) is 5.50. The lowest BCUT2D eigenvalue weighted by molar-refractivity contribution is 0.0666. The van der Waals surface area contributed by atoms with E-state index in [9.17, 15) is 13.2 Å². The van der Waals surface area contributed by atoms with Crippen LogP contribution in [0.25, 0.3) is 0 Å². The summed E-state index contributed by atoms with van der Waals surface area (Å²) in [6.07, 6.45) is 1.44. The maximum absolute atomic E-state index is 12.5. The van der Waals surface area contributed by atoms with Crippen molar-refractivity contribution in [3.05, 3.63) is 48.4 Å². The van der Waals surface area contributed by atoms with Gasteiger partial charge in [0.2, 0.25) is 0 Å². The first-order valence-corrected chi connectivity index (χ1v) is 9.18. The van der Waals surface area contributed by atoms with Gasteiger partial charge in [-0.15, -0.1) is 0 Å². The molecule has 3 rings (SSSR count). The van der Waals surface area contributed by atoms with E-state index in [2.05, 4.69) is 4.72 Å². The highest BCUT2D eigenvalue weighted by Gasteiger charge is 2.30. The van der Waals surface area contributed by atoms with Gasteiger partial charge in [0.1, 0.15) is 5.75 Å². The van der Waals surface area contributed by atoms with Gasteiger partial charge >= 0.3 is 10.2 Å². The van der Waals surface area contributed by atoms with Crippen molar-refractivity contribution in [1.29, 1.82) is 0 Å². The smallest absolute Gasteiger partial charge is 0.301 e. The Balaban J connectivity index is 1.60. The number of anilines is 1. The molecule has 0 aliphatic carbocycles. The Morgan fingerprint density at radius 3 is 2.36 bits per heavy atom. The van der Waals surface area contributed by atoms with E-state index in [1.165, 1.54) is 10.6 Å². The van der Waals surface area contributed by atoms with Crippen molar-refractivity contribution in [1.82, 2.24) is 9.21 Å². The van der Waals surface area contributed by atoms with E-state index < -0.39 is 10.2 Å². The van der Waals surface area contributed by atoms with Crippen LogP contribution in [-0.4, -0.2) is 56.8 Å². The second-order valence-corrected chi connectivity index (χ2v) is 7.17. The SMILES string of the molecule is COc1ccc(NS(=O)(=O)N2CCN(C(=O)c3ccco3)CC2)cc1. The molecule has 2 heterocycles. The zero-order valence-corrected chi connectivity index (χ0v) is 14.5. The molecule has 1 aliphatic heterocycles. The summed E-state index contributed by atoms with van der Waals surface area (Å²) >= 11 is 0. The number of methoxy groups -OCH3 is 1. The normalized spacial score (nSPS) is 15.8. The van der Waals surface area contributed by atoms with Gasteiger partial charge in [-0.25, -0.2) is 0 Å². The lowest BCUT2D eigenvalue weighted by Gasteiger charge is -2.33. The molecule has 1 amide bonds. The molecule has 0 atom stereocenters. The van der Waals surface area contributed by atoms with Crippen LogP contribution in [0.4, 0.5) is 5.69 Å². The van der Waals surface area contributed by atoms with Crippen molar-refractivity contribution in [2.75, 3.05) is 38.0 Å². The molecule has 1 N–H and O–H groups in total. The monoisotopic (exact) mass is 365 g/mol. The van der Waals surface area contributed by atoms with Gasteiger partial charge in [0.15, 0.2) is 5.76 Å². The summed E-state index contributed by atoms with van der Waals surface area (Å²) in [5.74, 6) is 0.672. The van der Waals surface area contributed by atoms with Crippen molar-refractivity contribution in [3.63, 3.8) is 0 Å². The second kappa shape index (κ2) is 7.16. The highest BCUT2D eigenvalue weighted by atomic mass is 32.2. The highest BCUT2D eigenvalue weighted by Crippen LogP contribution is 2.18. The number of furan rings is 1. The highest BCUT2D eigenvalue weighted by molar-refractivity contribution is 7.90. The number of ether oxygens (including phenoxy) is 1. The number of benzene rings is 1. The first-order chi connectivity index (χ1) is 12.0. The van der Waals surface area contributed by atoms with Gasteiger partial charge in [-0.1, -0.05) is 0 Å². The molecule has 1 aromatic heterocycles. The fourth-order valence-corrected chi connectivity index (χ4v) is 3.77. The van der Waals surface area contributed by atoms with Crippen LogP contribution in [0.3, 0.4) is 0 Å². The fourth-order valence-electron chi connectivity index (χ4n) is 2.56. The van der Waals surface area contributed by atoms with Gasteiger partial charge in [0.05, 0.1) is 19.1 Å². The Kier molecular flexibility index (Phi) is 4.95. The molecule has 0 bridgehead atoms. The van der Waals surface area contributed by atoms with Crippen LogP contribution in [0.15, 0.2) is 47.1 Å². The van der Waals surface area contributed by atoms with Crippen LogP contribution < -0.4 is 9.46 Å². The summed E-state index contributed by atoms with van der Waals surface area (Å²) in [4.78, 5) is 13.8. The van der Waals surface area contributed by atoms with E-state index in [0.29, 0.717) is 24.5 Å². The van der Waals surface area contributed by atoms with Gasteiger partial charge in [-0.2, -0.15) is 12.7 Å². The molecule has 0 saturated carbocycles. The van der Waals surface area contributed by atoms with Crippen molar-refractivity contribution in [3.8, 4) is 5.75 Å². The zero-order chi connectivity index (χ0) is 17.9. The van der Waals surface area contributed by atoms with Gasteiger partial charge in [0, 0.05) is 26.2 Å². The fraction of sp³-hybridized carbons (Fsp3) is 0.312. The van der Waals surface area contributed by atoms with Crippen LogP contribution in [0.2, 0.25) is 0 Å². The van der Waals surface area contributed by atoms with Crippen LogP contribution in [0, 0.1) is 0 Å². The molecule has 1 fully saturated rings. The average molecular weight is 365 g/mol. The lowest BCUT2D eigenvalue weighted by Crippen LogP contribution is -2.51. The van der Waals surface area contributed by atoms with E-state index >= 15 is 0 Å². The minimum absolute atomic E-state index is 0.220. The van der Waals surface area contributed by atoms with Gasteiger partial charge in [-0.3, -0.25) is 9.52 Å². The molecule has 1 aliphatic rings. The summed E-state index contributed by atoms with van der Waals surface area (Å²) in [5.41, 5.74) is 0.454. The van der Waals surface area contributed by atoms with Gasteiger partial charge in [-0.05, 0) is 36.4 Å². The van der Waals surface area contributed by atoms with Crippen LogP contribution in [0.1, 0.15) is 10.6 Å². The van der Waals surface area contributed by atoms with E-state index in [0.717, 1.165) is 0 Å². The predicted octanol–water partition coefficient (Wildman–Crippen LogP) is 1.40. The van der Waals surface area contributed by atoms with E-state index in [-0.39, 0.29) is 24.8 Å². The summed E-state index contributed by atoms with van der Waals surface area (Å²) in [6, 6.07) is 9.86. The third-order valence-corrected chi connectivity index (χ3v) is 5.47. The van der Waals surface area contributed by atoms with Gasteiger partial charge < -0.3 is 14.1 Å². The Labute approximate surface area is 146 Å². The number of hydrogen-bond acceptors (Lipinski definition) is 5. The Morgan fingerprint density at radius 1 is 1.12 bits per heavy atom. The number of nitrogens with one attached hydrogen (secondary N) is 1. The molecular formula is C16H19N3O5S. The molecule has 0 spiro atoms. The first kappa shape index (κ1) is 17.3. The third-order valence-electron chi connectivity index (χ3n) is 3.93. The molecule has 25 heavy (non-hydrogen) atoms. The van der Waals surface area contributed by atoms with Crippen LogP contribution >= 0.6 is 0 Å². The van der Waals surface area contributed by atoms with Gasteiger partial charge in [0.25, 0.3) is 5.91 Å². The lowest BCUT2D eigenvalue weighted by atomic mass is 10.3. The standard InChI is InChI=1S/C16H19N3O5S/c1-23-14-6-4-13(5-7-14)17-25(21,22)19-10-8-18(9-11-19)16(20)15-3-2-12-24-15/h2-7,12,17H,8-11H2,1H3. The van der Waals surface area contributed by atoms with Crippen LogP contribution in [0.5, 0.6) is 5.75 Å². The summed E-state index contributed by atoms with van der Waals surface area (Å²) in [6.45, 7) is 1.06.